The van der Waals surface area contributed by atoms with E-state index in [1.54, 1.807) is 30.3 Å². The maximum absolute atomic E-state index is 13.8. The lowest BCUT2D eigenvalue weighted by atomic mass is 9.91. The fourth-order valence-corrected chi connectivity index (χ4v) is 4.46. The molecular formula is C24H18F3N3O4. The van der Waals surface area contributed by atoms with Gasteiger partial charge in [0.1, 0.15) is 11.5 Å². The van der Waals surface area contributed by atoms with Gasteiger partial charge in [-0.25, -0.2) is 0 Å². The van der Waals surface area contributed by atoms with E-state index in [2.05, 4.69) is 10.6 Å². The Morgan fingerprint density at radius 2 is 1.71 bits per heavy atom. The highest BCUT2D eigenvalue weighted by Crippen LogP contribution is 2.52. The van der Waals surface area contributed by atoms with Gasteiger partial charge in [-0.05, 0) is 30.3 Å². The molecule has 0 radical (unpaired) electrons. The Morgan fingerprint density at radius 1 is 0.941 bits per heavy atom. The van der Waals surface area contributed by atoms with E-state index in [0.29, 0.717) is 11.4 Å². The van der Waals surface area contributed by atoms with Gasteiger partial charge in [0.05, 0.1) is 36.7 Å². The Kier molecular flexibility index (Phi) is 4.71. The third kappa shape index (κ3) is 2.91. The number of nitrogens with one attached hydrogen (secondary N) is 2. The number of alkyl halides is 3. The number of carbonyl (C=O) groups is 2. The minimum atomic E-state index is -4.72. The minimum Gasteiger partial charge on any atom is -0.497 e. The van der Waals surface area contributed by atoms with Crippen LogP contribution in [0.4, 0.5) is 30.2 Å². The summed E-state index contributed by atoms with van der Waals surface area (Å²) in [6.07, 6.45) is -4.72. The summed E-state index contributed by atoms with van der Waals surface area (Å²) in [4.78, 5) is 28.5. The van der Waals surface area contributed by atoms with Crippen molar-refractivity contribution < 1.29 is 32.2 Å². The van der Waals surface area contributed by atoms with E-state index in [4.69, 9.17) is 9.47 Å². The molecule has 1 atom stereocenters. The molecule has 5 rings (SSSR count). The molecule has 34 heavy (non-hydrogen) atoms. The normalized spacial score (nSPS) is 18.8. The predicted octanol–water partition coefficient (Wildman–Crippen LogP) is 4.60. The van der Waals surface area contributed by atoms with Crippen LogP contribution in [0.1, 0.15) is 21.5 Å². The quantitative estimate of drug-likeness (QED) is 0.586. The van der Waals surface area contributed by atoms with Crippen molar-refractivity contribution >= 4 is 28.9 Å². The molecule has 2 amide bonds. The van der Waals surface area contributed by atoms with E-state index >= 15 is 0 Å². The molecule has 3 aromatic rings. The number of carbonyl (C=O) groups excluding carboxylic acids is 2. The van der Waals surface area contributed by atoms with Gasteiger partial charge in [0.15, 0.2) is 0 Å². The number of hydrogen-bond donors (Lipinski definition) is 2. The van der Waals surface area contributed by atoms with Gasteiger partial charge in [-0.3, -0.25) is 14.5 Å². The number of hydrogen-bond acceptors (Lipinski definition) is 5. The topological polar surface area (TPSA) is 79.9 Å². The Balaban J connectivity index is 1.83. The Labute approximate surface area is 192 Å². The van der Waals surface area contributed by atoms with Gasteiger partial charge >= 0.3 is 6.18 Å². The second kappa shape index (κ2) is 7.41. The lowest BCUT2D eigenvalue weighted by Gasteiger charge is -2.44. The second-order valence-corrected chi connectivity index (χ2v) is 7.74. The first-order valence-corrected chi connectivity index (χ1v) is 10.2. The summed E-state index contributed by atoms with van der Waals surface area (Å²) in [6.45, 7) is 0. The van der Waals surface area contributed by atoms with Gasteiger partial charge in [-0.15, -0.1) is 0 Å². The fourth-order valence-electron chi connectivity index (χ4n) is 4.46. The molecule has 2 aliphatic rings. The van der Waals surface area contributed by atoms with E-state index in [9.17, 15) is 22.8 Å². The van der Waals surface area contributed by atoms with Crippen molar-refractivity contribution in [1.29, 1.82) is 0 Å². The molecule has 7 nitrogen and oxygen atoms in total. The Morgan fingerprint density at radius 3 is 2.41 bits per heavy atom. The number of methoxy groups -OCH3 is 2. The van der Waals surface area contributed by atoms with Gasteiger partial charge in [-0.1, -0.05) is 24.3 Å². The summed E-state index contributed by atoms with van der Waals surface area (Å²) < 4.78 is 52.0. The van der Waals surface area contributed by atoms with Crippen LogP contribution in [-0.4, -0.2) is 26.0 Å². The SMILES string of the molecule is COc1ccc(N2C(=O)c3ccccc3N[C@@]23C(=O)Nc2c(C(F)(F)F)cccc23)c(OC)c1. The van der Waals surface area contributed by atoms with Crippen LogP contribution in [-0.2, 0) is 16.6 Å². The van der Waals surface area contributed by atoms with Crippen LogP contribution in [0.2, 0.25) is 0 Å². The molecular weight excluding hydrogens is 451 g/mol. The molecule has 10 heteroatoms. The first-order chi connectivity index (χ1) is 16.2. The molecule has 0 bridgehead atoms. The molecule has 2 aliphatic heterocycles. The van der Waals surface area contributed by atoms with Crippen molar-refractivity contribution in [3.8, 4) is 11.5 Å². The molecule has 3 aromatic carbocycles. The number of rotatable bonds is 3. The van der Waals surface area contributed by atoms with Gasteiger partial charge in [0.25, 0.3) is 11.8 Å². The minimum absolute atomic E-state index is 0.0342. The van der Waals surface area contributed by atoms with E-state index in [0.717, 1.165) is 11.0 Å². The molecule has 1 spiro atoms. The zero-order valence-electron chi connectivity index (χ0n) is 18.0. The molecule has 0 unspecified atom stereocenters. The lowest BCUT2D eigenvalue weighted by Crippen LogP contribution is -2.61. The highest BCUT2D eigenvalue weighted by Gasteiger charge is 2.59. The standard InChI is InChI=1S/C24H18F3N3O4/c1-33-13-10-11-18(19(12-13)34-2)30-21(31)14-6-3-4-9-17(14)29-23(30)15-7-5-8-16(24(25,26)27)20(15)28-22(23)32/h3-12,29H,1-2H3,(H,28,32)/t23-/m1/s1. The van der Waals surface area contributed by atoms with Crippen molar-refractivity contribution in [2.45, 2.75) is 11.8 Å². The predicted molar refractivity (Wildman–Crippen MR) is 118 cm³/mol. The first-order valence-electron chi connectivity index (χ1n) is 10.2. The number of benzene rings is 3. The third-order valence-electron chi connectivity index (χ3n) is 5.97. The van der Waals surface area contributed by atoms with Crippen LogP contribution in [0.3, 0.4) is 0 Å². The summed E-state index contributed by atoms with van der Waals surface area (Å²) in [5.74, 6) is -0.789. The smallest absolute Gasteiger partial charge is 0.418 e. The van der Waals surface area contributed by atoms with Crippen LogP contribution in [0.15, 0.2) is 60.7 Å². The monoisotopic (exact) mass is 469 g/mol. The van der Waals surface area contributed by atoms with Crippen molar-refractivity contribution in [1.82, 2.24) is 0 Å². The van der Waals surface area contributed by atoms with Crippen molar-refractivity contribution in [2.75, 3.05) is 29.8 Å². The van der Waals surface area contributed by atoms with Gasteiger partial charge in [0.2, 0.25) is 5.66 Å². The van der Waals surface area contributed by atoms with Gasteiger partial charge in [-0.2, -0.15) is 13.2 Å². The molecule has 0 aliphatic carbocycles. The van der Waals surface area contributed by atoms with Crippen LogP contribution < -0.4 is 25.0 Å². The Hall–Kier alpha value is -4.21. The maximum atomic E-state index is 13.8. The molecule has 2 N–H and O–H groups in total. The molecule has 0 aromatic heterocycles. The average Bonchev–Trinajstić information content (AvgIpc) is 3.09. The summed E-state index contributed by atoms with van der Waals surface area (Å²) in [5, 5.41) is 5.42. The van der Waals surface area contributed by atoms with Crippen LogP contribution in [0, 0.1) is 0 Å². The van der Waals surface area contributed by atoms with Gasteiger partial charge < -0.3 is 20.1 Å². The highest BCUT2D eigenvalue weighted by atomic mass is 19.4. The number of ether oxygens (including phenoxy) is 2. The number of nitrogens with zero attached hydrogens (tertiary/aromatic N) is 1. The number of fused-ring (bicyclic) bond motifs is 3. The van der Waals surface area contributed by atoms with E-state index < -0.39 is 34.9 Å². The zero-order valence-corrected chi connectivity index (χ0v) is 18.0. The lowest BCUT2D eigenvalue weighted by molar-refractivity contribution is -0.136. The third-order valence-corrected chi connectivity index (χ3v) is 5.97. The van der Waals surface area contributed by atoms with Crippen LogP contribution in [0.5, 0.6) is 11.5 Å². The molecule has 0 saturated heterocycles. The van der Waals surface area contributed by atoms with Crippen molar-refractivity contribution in [2.24, 2.45) is 0 Å². The highest BCUT2D eigenvalue weighted by molar-refractivity contribution is 6.22. The number of halogens is 3. The summed E-state index contributed by atoms with van der Waals surface area (Å²) >= 11 is 0. The number of amides is 2. The Bertz CT molecular complexity index is 1340. The number of para-hydroxylation sites is 2. The first kappa shape index (κ1) is 21.6. The fraction of sp³-hybridized carbons (Fsp3) is 0.167. The van der Waals surface area contributed by atoms with E-state index in [1.807, 2.05) is 0 Å². The van der Waals surface area contributed by atoms with E-state index in [1.165, 1.54) is 38.5 Å². The molecule has 2 heterocycles. The summed E-state index contributed by atoms with van der Waals surface area (Å²) in [7, 11) is 2.84. The van der Waals surface area contributed by atoms with Crippen LogP contribution >= 0.6 is 0 Å². The number of anilines is 3. The largest absolute Gasteiger partial charge is 0.497 e. The van der Waals surface area contributed by atoms with Crippen LogP contribution in [0.25, 0.3) is 0 Å². The van der Waals surface area contributed by atoms with Crippen molar-refractivity contribution in [3.63, 3.8) is 0 Å². The molecule has 0 saturated carbocycles. The summed E-state index contributed by atoms with van der Waals surface area (Å²) in [6, 6.07) is 14.6. The molecule has 174 valence electrons. The van der Waals surface area contributed by atoms with E-state index in [-0.39, 0.29) is 22.6 Å². The molecule has 0 fully saturated rings. The zero-order chi connectivity index (χ0) is 24.3. The van der Waals surface area contributed by atoms with Gasteiger partial charge in [0, 0.05) is 17.3 Å². The summed E-state index contributed by atoms with van der Waals surface area (Å²) in [5.41, 5.74) is -2.70. The second-order valence-electron chi connectivity index (χ2n) is 7.74. The maximum Gasteiger partial charge on any atom is 0.418 e. The average molecular weight is 469 g/mol. The van der Waals surface area contributed by atoms with Crippen molar-refractivity contribution in [3.05, 3.63) is 77.4 Å².